The topological polar surface area (TPSA) is 14.1 Å². The Morgan fingerprint density at radius 1 is 0.647 bits per heavy atom. The Labute approximate surface area is 103 Å². The zero-order valence-corrected chi connectivity index (χ0v) is 10.5. The van der Waals surface area contributed by atoms with E-state index in [0.717, 1.165) is 24.2 Å². The molecule has 1 radical (unpaired) electrons. The Bertz CT molecular complexity index is 408. The van der Waals surface area contributed by atoms with E-state index in [9.17, 15) is 0 Å². The highest BCUT2D eigenvalue weighted by Gasteiger charge is 1.97. The molecular weight excluding hydrogens is 206 g/mol. The van der Waals surface area contributed by atoms with Gasteiger partial charge in [0.1, 0.15) is 0 Å². The third kappa shape index (κ3) is 3.10. The fraction of sp³-hybridized carbons (Fsp3) is 0.250. The largest absolute Gasteiger partial charge is 0.249 e. The Balaban J connectivity index is 2.08. The molecule has 0 fully saturated rings. The van der Waals surface area contributed by atoms with Gasteiger partial charge in [0.2, 0.25) is 0 Å². The molecule has 0 aliphatic carbocycles. The van der Waals surface area contributed by atoms with Crippen molar-refractivity contribution in [2.24, 2.45) is 0 Å². The van der Waals surface area contributed by atoms with E-state index in [0.29, 0.717) is 0 Å². The summed E-state index contributed by atoms with van der Waals surface area (Å²) in [7, 11) is 0. The zero-order valence-electron chi connectivity index (χ0n) is 10.5. The van der Waals surface area contributed by atoms with Crippen molar-refractivity contribution in [3.05, 3.63) is 59.7 Å². The summed E-state index contributed by atoms with van der Waals surface area (Å²) >= 11 is 0. The van der Waals surface area contributed by atoms with Crippen LogP contribution >= 0.6 is 0 Å². The van der Waals surface area contributed by atoms with Crippen molar-refractivity contribution in [2.75, 3.05) is 0 Å². The molecule has 0 aromatic heterocycles. The second-order valence-corrected chi connectivity index (χ2v) is 4.15. The summed E-state index contributed by atoms with van der Waals surface area (Å²) in [5, 5.41) is 4.59. The molecule has 0 aliphatic heterocycles. The maximum Gasteiger partial charge on any atom is 0.0637 e. The Morgan fingerprint density at radius 2 is 1.00 bits per heavy atom. The van der Waals surface area contributed by atoms with E-state index in [1.807, 2.05) is 0 Å². The minimum atomic E-state index is 1.02. The van der Waals surface area contributed by atoms with Crippen molar-refractivity contribution in [1.82, 2.24) is 5.32 Å². The molecule has 1 nitrogen and oxygen atoms in total. The first-order valence-electron chi connectivity index (χ1n) is 6.21. The Kier molecular flexibility index (Phi) is 3.81. The lowest BCUT2D eigenvalue weighted by molar-refractivity contribution is 1.11. The SMILES string of the molecule is CCc1ccc([N]c2ccc(CC)cc2)cc1. The van der Waals surface area contributed by atoms with Crippen LogP contribution in [0, 0.1) is 0 Å². The van der Waals surface area contributed by atoms with Gasteiger partial charge in [-0.2, -0.15) is 0 Å². The standard InChI is InChI=1S/C16H18N/c1-3-13-5-9-15(10-6-13)17-16-11-7-14(4-2)8-12-16/h5-12H,3-4H2,1-2H3. The van der Waals surface area contributed by atoms with Gasteiger partial charge in [0.25, 0.3) is 0 Å². The molecule has 2 aromatic carbocycles. The highest BCUT2D eigenvalue weighted by atomic mass is 14.9. The van der Waals surface area contributed by atoms with Crippen molar-refractivity contribution in [3.8, 4) is 0 Å². The normalized spacial score (nSPS) is 10.2. The predicted molar refractivity (Wildman–Crippen MR) is 73.1 cm³/mol. The van der Waals surface area contributed by atoms with Crippen molar-refractivity contribution in [3.63, 3.8) is 0 Å². The monoisotopic (exact) mass is 224 g/mol. The molecule has 0 aliphatic rings. The molecule has 1 heteroatoms. The maximum absolute atomic E-state index is 4.59. The van der Waals surface area contributed by atoms with Crippen LogP contribution in [-0.2, 0) is 12.8 Å². The Morgan fingerprint density at radius 3 is 1.29 bits per heavy atom. The fourth-order valence-electron chi connectivity index (χ4n) is 1.76. The first kappa shape index (κ1) is 11.7. The van der Waals surface area contributed by atoms with Crippen LogP contribution in [0.4, 0.5) is 11.4 Å². The van der Waals surface area contributed by atoms with Crippen LogP contribution in [0.2, 0.25) is 0 Å². The molecule has 17 heavy (non-hydrogen) atoms. The van der Waals surface area contributed by atoms with E-state index in [4.69, 9.17) is 0 Å². The minimum Gasteiger partial charge on any atom is -0.249 e. The second kappa shape index (κ2) is 5.53. The van der Waals surface area contributed by atoms with Gasteiger partial charge in [-0.15, -0.1) is 0 Å². The summed E-state index contributed by atoms with van der Waals surface area (Å²) in [6, 6.07) is 16.9. The van der Waals surface area contributed by atoms with E-state index in [-0.39, 0.29) is 0 Å². The fourth-order valence-corrected chi connectivity index (χ4v) is 1.76. The van der Waals surface area contributed by atoms with Gasteiger partial charge in [-0.1, -0.05) is 38.1 Å². The van der Waals surface area contributed by atoms with E-state index in [1.165, 1.54) is 11.1 Å². The molecule has 0 N–H and O–H groups in total. The van der Waals surface area contributed by atoms with Gasteiger partial charge >= 0.3 is 0 Å². The molecule has 0 spiro atoms. The molecule has 0 unspecified atom stereocenters. The number of rotatable bonds is 4. The molecule has 0 saturated heterocycles. The first-order valence-corrected chi connectivity index (χ1v) is 6.21. The Hall–Kier alpha value is -1.76. The number of hydrogen-bond acceptors (Lipinski definition) is 0. The number of benzene rings is 2. The van der Waals surface area contributed by atoms with Crippen molar-refractivity contribution in [2.45, 2.75) is 26.7 Å². The average Bonchev–Trinajstić information content (AvgIpc) is 2.40. The van der Waals surface area contributed by atoms with Crippen molar-refractivity contribution in [1.29, 1.82) is 0 Å². The van der Waals surface area contributed by atoms with Gasteiger partial charge in [-0.05, 0) is 48.2 Å². The second-order valence-electron chi connectivity index (χ2n) is 4.15. The summed E-state index contributed by atoms with van der Waals surface area (Å²) in [6.45, 7) is 4.32. The predicted octanol–water partition coefficient (Wildman–Crippen LogP) is 4.38. The quantitative estimate of drug-likeness (QED) is 0.731. The lowest BCUT2D eigenvalue weighted by atomic mass is 10.1. The van der Waals surface area contributed by atoms with Crippen LogP contribution < -0.4 is 5.32 Å². The summed E-state index contributed by atoms with van der Waals surface area (Å²) < 4.78 is 0. The van der Waals surface area contributed by atoms with E-state index in [1.54, 1.807) is 0 Å². The smallest absolute Gasteiger partial charge is 0.0637 e. The first-order chi connectivity index (χ1) is 8.31. The third-order valence-corrected chi connectivity index (χ3v) is 2.95. The molecule has 0 bridgehead atoms. The van der Waals surface area contributed by atoms with Crippen molar-refractivity contribution < 1.29 is 0 Å². The van der Waals surface area contributed by atoms with Crippen LogP contribution in [0.3, 0.4) is 0 Å². The van der Waals surface area contributed by atoms with Gasteiger partial charge in [-0.25, -0.2) is 5.32 Å². The highest BCUT2D eigenvalue weighted by molar-refractivity contribution is 5.49. The summed E-state index contributed by atoms with van der Waals surface area (Å²) in [5.41, 5.74) is 4.74. The molecule has 87 valence electrons. The van der Waals surface area contributed by atoms with Crippen LogP contribution in [0.1, 0.15) is 25.0 Å². The van der Waals surface area contributed by atoms with E-state index >= 15 is 0 Å². The van der Waals surface area contributed by atoms with Crippen LogP contribution in [-0.4, -0.2) is 0 Å². The molecule has 2 rings (SSSR count). The highest BCUT2D eigenvalue weighted by Crippen LogP contribution is 2.18. The molecular formula is C16H18N. The molecule has 0 saturated carbocycles. The molecule has 0 amide bonds. The van der Waals surface area contributed by atoms with E-state index in [2.05, 4.69) is 67.7 Å². The average molecular weight is 224 g/mol. The van der Waals surface area contributed by atoms with Gasteiger partial charge in [0.15, 0.2) is 0 Å². The minimum absolute atomic E-state index is 1.02. The van der Waals surface area contributed by atoms with Crippen molar-refractivity contribution >= 4 is 11.4 Å². The summed E-state index contributed by atoms with van der Waals surface area (Å²) in [4.78, 5) is 0. The lowest BCUT2D eigenvalue weighted by Gasteiger charge is -2.04. The third-order valence-electron chi connectivity index (χ3n) is 2.95. The molecule has 0 atom stereocenters. The molecule has 0 heterocycles. The number of hydrogen-bond donors (Lipinski definition) is 0. The summed E-state index contributed by atoms with van der Waals surface area (Å²) in [5.74, 6) is 0. The van der Waals surface area contributed by atoms with Crippen LogP contribution in [0.15, 0.2) is 48.5 Å². The maximum atomic E-state index is 4.59. The van der Waals surface area contributed by atoms with Gasteiger partial charge in [0.05, 0.1) is 11.4 Å². The summed E-state index contributed by atoms with van der Waals surface area (Å²) in [6.07, 6.45) is 2.15. The van der Waals surface area contributed by atoms with Crippen LogP contribution in [0.25, 0.3) is 0 Å². The van der Waals surface area contributed by atoms with Gasteiger partial charge in [-0.3, -0.25) is 0 Å². The number of nitrogens with zero attached hydrogens (tertiary/aromatic N) is 1. The van der Waals surface area contributed by atoms with Crippen LogP contribution in [0.5, 0.6) is 0 Å². The van der Waals surface area contributed by atoms with E-state index < -0.39 is 0 Å². The molecule has 2 aromatic rings. The number of aryl methyl sites for hydroxylation is 2. The lowest BCUT2D eigenvalue weighted by Crippen LogP contribution is -1.90. The van der Waals surface area contributed by atoms with Gasteiger partial charge in [0, 0.05) is 0 Å². The van der Waals surface area contributed by atoms with Gasteiger partial charge < -0.3 is 0 Å². The zero-order chi connectivity index (χ0) is 12.1.